The van der Waals surface area contributed by atoms with Crippen molar-refractivity contribution in [3.63, 3.8) is 0 Å². The Kier molecular flexibility index (Phi) is 8.99. The molecule has 214 valence electrons. The number of ketones is 1. The standard InChI is InChI=1S/C27H31F4NO6S/c1-17(2)13-20(33)8-9-21-16-32(39(35,36)22-10-6-19(28)7-11-22)23-14-18(5-12-24(23)37-21)15-25(34)38-26(3,4)27(29,30)31/h5-7,10-12,14,17,21H,8-9,13,15-16H2,1-4H3/t21-/m0/s1. The summed E-state index contributed by atoms with van der Waals surface area (Å²) >= 11 is 0. The van der Waals surface area contributed by atoms with E-state index >= 15 is 0 Å². The van der Waals surface area contributed by atoms with E-state index in [4.69, 9.17) is 4.74 Å². The topological polar surface area (TPSA) is 90.0 Å². The van der Waals surface area contributed by atoms with Gasteiger partial charge in [0.05, 0.1) is 23.5 Å². The molecule has 1 heterocycles. The van der Waals surface area contributed by atoms with E-state index in [9.17, 15) is 35.6 Å². The average Bonchev–Trinajstić information content (AvgIpc) is 2.81. The van der Waals surface area contributed by atoms with Gasteiger partial charge in [0.15, 0.2) is 0 Å². The molecule has 0 aliphatic carbocycles. The van der Waals surface area contributed by atoms with Crippen molar-refractivity contribution in [2.45, 2.75) is 76.2 Å². The van der Waals surface area contributed by atoms with Crippen molar-refractivity contribution < 1.29 is 45.0 Å². The van der Waals surface area contributed by atoms with E-state index in [1.165, 1.54) is 18.2 Å². The number of nitrogens with zero attached hydrogens (tertiary/aromatic N) is 1. The molecule has 0 saturated carbocycles. The Bertz CT molecular complexity index is 1310. The third kappa shape index (κ3) is 7.49. The van der Waals surface area contributed by atoms with Gasteiger partial charge in [0.2, 0.25) is 5.60 Å². The second-order valence-corrected chi connectivity index (χ2v) is 12.2. The number of carbonyl (C=O) groups is 2. The van der Waals surface area contributed by atoms with Crippen LogP contribution >= 0.6 is 0 Å². The number of ether oxygens (including phenoxy) is 2. The Labute approximate surface area is 225 Å². The highest BCUT2D eigenvalue weighted by Gasteiger charge is 2.50. The monoisotopic (exact) mass is 573 g/mol. The molecule has 1 aliphatic heterocycles. The number of benzene rings is 2. The third-order valence-corrected chi connectivity index (χ3v) is 7.93. The molecule has 3 rings (SSSR count). The lowest BCUT2D eigenvalue weighted by atomic mass is 10.0. The number of sulfonamides is 1. The summed E-state index contributed by atoms with van der Waals surface area (Å²) in [5.74, 6) is -1.43. The maximum absolute atomic E-state index is 13.6. The Balaban J connectivity index is 1.91. The minimum absolute atomic E-state index is 0.0166. The number of esters is 1. The first-order valence-corrected chi connectivity index (χ1v) is 13.8. The molecule has 39 heavy (non-hydrogen) atoms. The zero-order chi connectivity index (χ0) is 29.2. The number of alkyl halides is 3. The van der Waals surface area contributed by atoms with Crippen LogP contribution in [0.15, 0.2) is 47.4 Å². The normalized spacial score (nSPS) is 16.0. The maximum Gasteiger partial charge on any atom is 0.427 e. The van der Waals surface area contributed by atoms with Crippen LogP contribution in [-0.4, -0.2) is 44.6 Å². The first-order chi connectivity index (χ1) is 18.0. The van der Waals surface area contributed by atoms with Gasteiger partial charge in [-0.2, -0.15) is 13.2 Å². The highest BCUT2D eigenvalue weighted by atomic mass is 32.2. The van der Waals surface area contributed by atoms with Gasteiger partial charge in [0.1, 0.15) is 23.5 Å². The molecule has 2 aromatic rings. The molecule has 1 atom stereocenters. The molecular weight excluding hydrogens is 542 g/mol. The van der Waals surface area contributed by atoms with Crippen molar-refractivity contribution in [1.82, 2.24) is 0 Å². The van der Waals surface area contributed by atoms with Gasteiger partial charge < -0.3 is 9.47 Å². The van der Waals surface area contributed by atoms with Gasteiger partial charge in [0.25, 0.3) is 10.0 Å². The van der Waals surface area contributed by atoms with Gasteiger partial charge in [-0.05, 0) is 68.1 Å². The molecule has 0 amide bonds. The van der Waals surface area contributed by atoms with E-state index in [0.717, 1.165) is 42.4 Å². The lowest BCUT2D eigenvalue weighted by Crippen LogP contribution is -2.44. The van der Waals surface area contributed by atoms with Gasteiger partial charge in [-0.3, -0.25) is 13.9 Å². The molecule has 0 saturated heterocycles. The highest BCUT2D eigenvalue weighted by Crippen LogP contribution is 2.39. The molecule has 2 aromatic carbocycles. The van der Waals surface area contributed by atoms with Crippen LogP contribution in [0.5, 0.6) is 5.75 Å². The SMILES string of the molecule is CC(C)CC(=O)CC[C@H]1CN(S(=O)(=O)c2ccc(F)cc2)c2cc(CC(=O)OC(C)(C)C(F)(F)F)ccc2O1. The molecule has 0 fully saturated rings. The fourth-order valence-electron chi connectivity index (χ4n) is 4.00. The van der Waals surface area contributed by atoms with Gasteiger partial charge in [-0.25, -0.2) is 12.8 Å². The zero-order valence-electron chi connectivity index (χ0n) is 22.0. The number of fused-ring (bicyclic) bond motifs is 1. The fourth-order valence-corrected chi connectivity index (χ4v) is 5.50. The molecular formula is C27H31F4NO6S. The molecule has 0 bridgehead atoms. The van der Waals surface area contributed by atoms with Gasteiger partial charge in [-0.1, -0.05) is 19.9 Å². The number of hydrogen-bond acceptors (Lipinski definition) is 6. The highest BCUT2D eigenvalue weighted by molar-refractivity contribution is 7.92. The number of rotatable bonds is 10. The third-order valence-electron chi connectivity index (χ3n) is 6.14. The number of anilines is 1. The summed E-state index contributed by atoms with van der Waals surface area (Å²) in [4.78, 5) is 24.4. The van der Waals surface area contributed by atoms with Crippen LogP contribution in [0.2, 0.25) is 0 Å². The van der Waals surface area contributed by atoms with E-state index in [1.807, 2.05) is 13.8 Å². The van der Waals surface area contributed by atoms with Crippen molar-refractivity contribution >= 4 is 27.5 Å². The van der Waals surface area contributed by atoms with Gasteiger partial charge >= 0.3 is 12.1 Å². The summed E-state index contributed by atoms with van der Waals surface area (Å²) in [6, 6.07) is 8.41. The van der Waals surface area contributed by atoms with Crippen molar-refractivity contribution in [3.05, 3.63) is 53.8 Å². The predicted octanol–water partition coefficient (Wildman–Crippen LogP) is 5.60. The Morgan fingerprint density at radius 1 is 1.10 bits per heavy atom. The van der Waals surface area contributed by atoms with Crippen molar-refractivity contribution in [1.29, 1.82) is 0 Å². The average molecular weight is 574 g/mol. The quantitative estimate of drug-likeness (QED) is 0.271. The van der Waals surface area contributed by atoms with Crippen LogP contribution in [0.3, 0.4) is 0 Å². The number of Topliss-reactive ketones (excluding diaryl/α,β-unsaturated/α-hetero) is 1. The van der Waals surface area contributed by atoms with E-state index in [-0.39, 0.29) is 53.0 Å². The second kappa shape index (κ2) is 11.5. The molecule has 0 N–H and O–H groups in total. The lowest BCUT2D eigenvalue weighted by molar-refractivity contribution is -0.257. The van der Waals surface area contributed by atoms with Crippen LogP contribution in [0.25, 0.3) is 0 Å². The largest absolute Gasteiger partial charge is 0.486 e. The van der Waals surface area contributed by atoms with Crippen LogP contribution in [-0.2, 0) is 30.8 Å². The van der Waals surface area contributed by atoms with E-state index in [2.05, 4.69) is 4.74 Å². The summed E-state index contributed by atoms with van der Waals surface area (Å²) < 4.78 is 91.7. The predicted molar refractivity (Wildman–Crippen MR) is 135 cm³/mol. The summed E-state index contributed by atoms with van der Waals surface area (Å²) in [5.41, 5.74) is -2.45. The Hall–Kier alpha value is -3.15. The van der Waals surface area contributed by atoms with Crippen LogP contribution in [0.1, 0.15) is 52.5 Å². The number of carbonyl (C=O) groups excluding carboxylic acids is 2. The number of hydrogen-bond donors (Lipinski definition) is 0. The van der Waals surface area contributed by atoms with Crippen molar-refractivity contribution in [2.75, 3.05) is 10.8 Å². The van der Waals surface area contributed by atoms with E-state index < -0.39 is 46.1 Å². The summed E-state index contributed by atoms with van der Waals surface area (Å²) in [6.07, 6.45) is -5.19. The first kappa shape index (κ1) is 30.4. The van der Waals surface area contributed by atoms with Crippen molar-refractivity contribution in [3.8, 4) is 5.75 Å². The molecule has 12 heteroatoms. The minimum Gasteiger partial charge on any atom is -0.486 e. The van der Waals surface area contributed by atoms with Crippen LogP contribution < -0.4 is 9.04 Å². The van der Waals surface area contributed by atoms with Crippen LogP contribution in [0.4, 0.5) is 23.2 Å². The molecule has 0 radical (unpaired) electrons. The molecule has 7 nitrogen and oxygen atoms in total. The second-order valence-electron chi connectivity index (χ2n) is 10.4. The van der Waals surface area contributed by atoms with Gasteiger partial charge in [0, 0.05) is 12.8 Å². The smallest absolute Gasteiger partial charge is 0.427 e. The summed E-state index contributed by atoms with van der Waals surface area (Å²) in [6.45, 7) is 5.12. The molecule has 0 unspecified atom stereocenters. The molecule has 0 aromatic heterocycles. The van der Waals surface area contributed by atoms with Crippen LogP contribution in [0, 0.1) is 11.7 Å². The molecule has 1 aliphatic rings. The van der Waals surface area contributed by atoms with Crippen molar-refractivity contribution in [2.24, 2.45) is 5.92 Å². The van der Waals surface area contributed by atoms with E-state index in [1.54, 1.807) is 0 Å². The number of halogens is 4. The Morgan fingerprint density at radius 2 is 1.74 bits per heavy atom. The summed E-state index contributed by atoms with van der Waals surface area (Å²) in [7, 11) is -4.24. The van der Waals surface area contributed by atoms with Gasteiger partial charge in [-0.15, -0.1) is 0 Å². The Morgan fingerprint density at radius 3 is 2.33 bits per heavy atom. The summed E-state index contributed by atoms with van der Waals surface area (Å²) in [5, 5.41) is 0. The first-order valence-electron chi connectivity index (χ1n) is 12.4. The maximum atomic E-state index is 13.6. The lowest BCUT2D eigenvalue weighted by Gasteiger charge is -2.36. The zero-order valence-corrected chi connectivity index (χ0v) is 22.9. The molecule has 0 spiro atoms. The fraction of sp³-hybridized carbons (Fsp3) is 0.481. The minimum atomic E-state index is -4.78. The van der Waals surface area contributed by atoms with E-state index in [0.29, 0.717) is 6.42 Å².